The molecule has 136 valence electrons. The Kier molecular flexibility index (Phi) is 10.8. The standard InChI is InChI=1S/C16H25N3O4.ClH/c1-4-19(16(21)9-14(10-17)23-3)11-15(20)18-12-6-5-7-13(8-12)22-2;/h5-8,14H,4,9-11,17H2,1-3H3,(H,18,20);1H. The summed E-state index contributed by atoms with van der Waals surface area (Å²) in [6, 6.07) is 7.04. The van der Waals surface area contributed by atoms with Gasteiger partial charge in [-0.15, -0.1) is 12.4 Å². The lowest BCUT2D eigenvalue weighted by Crippen LogP contribution is -2.40. The topological polar surface area (TPSA) is 93.9 Å². The van der Waals surface area contributed by atoms with E-state index in [4.69, 9.17) is 15.2 Å². The number of nitrogens with one attached hydrogen (secondary N) is 1. The molecule has 2 amide bonds. The van der Waals surface area contributed by atoms with E-state index in [0.717, 1.165) is 0 Å². The summed E-state index contributed by atoms with van der Waals surface area (Å²) in [5, 5.41) is 2.75. The van der Waals surface area contributed by atoms with Gasteiger partial charge < -0.3 is 25.4 Å². The molecule has 1 atom stereocenters. The van der Waals surface area contributed by atoms with Crippen molar-refractivity contribution in [2.75, 3.05) is 39.2 Å². The molecule has 3 N–H and O–H groups in total. The Balaban J connectivity index is 0.00000529. The van der Waals surface area contributed by atoms with Crippen LogP contribution < -0.4 is 15.8 Å². The minimum absolute atomic E-state index is 0. The van der Waals surface area contributed by atoms with E-state index in [1.807, 2.05) is 6.92 Å². The van der Waals surface area contributed by atoms with Gasteiger partial charge in [-0.25, -0.2) is 0 Å². The van der Waals surface area contributed by atoms with Crippen LogP contribution in [0.2, 0.25) is 0 Å². The smallest absolute Gasteiger partial charge is 0.243 e. The average molecular weight is 360 g/mol. The molecular formula is C16H26ClN3O4. The molecule has 0 spiro atoms. The van der Waals surface area contributed by atoms with Crippen LogP contribution >= 0.6 is 12.4 Å². The van der Waals surface area contributed by atoms with E-state index in [-0.39, 0.29) is 49.8 Å². The zero-order valence-corrected chi connectivity index (χ0v) is 15.1. The fraction of sp³-hybridized carbons (Fsp3) is 0.500. The van der Waals surface area contributed by atoms with Crippen LogP contribution in [-0.4, -0.2) is 56.7 Å². The summed E-state index contributed by atoms with van der Waals surface area (Å²) in [4.78, 5) is 25.8. The molecule has 1 aromatic rings. The van der Waals surface area contributed by atoms with Crippen LogP contribution in [0.15, 0.2) is 24.3 Å². The summed E-state index contributed by atoms with van der Waals surface area (Å²) >= 11 is 0. The lowest BCUT2D eigenvalue weighted by molar-refractivity contribution is -0.136. The van der Waals surface area contributed by atoms with Crippen LogP contribution in [0, 0.1) is 0 Å². The number of nitrogens with two attached hydrogens (primary N) is 1. The van der Waals surface area contributed by atoms with Gasteiger partial charge >= 0.3 is 0 Å². The zero-order chi connectivity index (χ0) is 17.2. The third-order valence-electron chi connectivity index (χ3n) is 3.42. The number of carbonyl (C=O) groups excluding carboxylic acids is 2. The highest BCUT2D eigenvalue weighted by Crippen LogP contribution is 2.16. The molecule has 24 heavy (non-hydrogen) atoms. The van der Waals surface area contributed by atoms with Crippen LogP contribution in [0.1, 0.15) is 13.3 Å². The molecule has 1 rings (SSSR count). The monoisotopic (exact) mass is 359 g/mol. The number of halogens is 1. The molecule has 0 radical (unpaired) electrons. The molecule has 0 saturated carbocycles. The van der Waals surface area contributed by atoms with Crippen LogP contribution in [0.3, 0.4) is 0 Å². The Labute approximate surface area is 148 Å². The number of hydrogen-bond donors (Lipinski definition) is 2. The van der Waals surface area contributed by atoms with Crippen molar-refractivity contribution in [1.29, 1.82) is 0 Å². The fourth-order valence-electron chi connectivity index (χ4n) is 2.04. The van der Waals surface area contributed by atoms with Gasteiger partial charge in [-0.2, -0.15) is 0 Å². The van der Waals surface area contributed by atoms with Gasteiger partial charge in [0.05, 0.1) is 26.2 Å². The highest BCUT2D eigenvalue weighted by Gasteiger charge is 2.19. The van der Waals surface area contributed by atoms with Gasteiger partial charge in [0, 0.05) is 32.0 Å². The first-order valence-electron chi connectivity index (χ1n) is 7.48. The van der Waals surface area contributed by atoms with E-state index in [1.54, 1.807) is 31.4 Å². The Hall–Kier alpha value is -1.83. The number of rotatable bonds is 9. The minimum Gasteiger partial charge on any atom is -0.497 e. The summed E-state index contributed by atoms with van der Waals surface area (Å²) in [5.74, 6) is 0.220. The lowest BCUT2D eigenvalue weighted by Gasteiger charge is -2.22. The Morgan fingerprint density at radius 2 is 2.04 bits per heavy atom. The van der Waals surface area contributed by atoms with Crippen molar-refractivity contribution in [3.05, 3.63) is 24.3 Å². The number of amides is 2. The van der Waals surface area contributed by atoms with E-state index in [9.17, 15) is 9.59 Å². The molecule has 0 fully saturated rings. The van der Waals surface area contributed by atoms with E-state index in [0.29, 0.717) is 18.0 Å². The highest BCUT2D eigenvalue weighted by atomic mass is 35.5. The van der Waals surface area contributed by atoms with Crippen molar-refractivity contribution in [3.8, 4) is 5.75 Å². The van der Waals surface area contributed by atoms with Gasteiger partial charge in [-0.05, 0) is 19.1 Å². The second kappa shape index (κ2) is 11.7. The molecule has 1 aromatic carbocycles. The molecule has 0 saturated heterocycles. The van der Waals surface area contributed by atoms with E-state index in [1.165, 1.54) is 12.0 Å². The molecule has 8 heteroatoms. The van der Waals surface area contributed by atoms with E-state index >= 15 is 0 Å². The number of carbonyl (C=O) groups is 2. The van der Waals surface area contributed by atoms with Gasteiger partial charge in [0.2, 0.25) is 11.8 Å². The molecule has 0 aliphatic rings. The van der Waals surface area contributed by atoms with Crippen LogP contribution in [0.25, 0.3) is 0 Å². The first-order valence-corrected chi connectivity index (χ1v) is 7.48. The Morgan fingerprint density at radius 1 is 1.33 bits per heavy atom. The zero-order valence-electron chi connectivity index (χ0n) is 14.3. The maximum absolute atomic E-state index is 12.2. The van der Waals surface area contributed by atoms with Crippen molar-refractivity contribution >= 4 is 29.9 Å². The molecule has 0 aliphatic carbocycles. The molecule has 0 heterocycles. The first kappa shape index (κ1) is 22.2. The van der Waals surface area contributed by atoms with Gasteiger partial charge in [0.15, 0.2) is 0 Å². The molecule has 0 aliphatic heterocycles. The number of likely N-dealkylation sites (N-methyl/N-ethyl adjacent to an activating group) is 1. The third kappa shape index (κ3) is 7.16. The molecular weight excluding hydrogens is 334 g/mol. The average Bonchev–Trinajstić information content (AvgIpc) is 2.57. The second-order valence-electron chi connectivity index (χ2n) is 4.99. The van der Waals surface area contributed by atoms with Crippen LogP contribution in [0.4, 0.5) is 5.69 Å². The number of benzene rings is 1. The van der Waals surface area contributed by atoms with Crippen molar-refractivity contribution < 1.29 is 19.1 Å². The van der Waals surface area contributed by atoms with Crippen molar-refractivity contribution in [2.45, 2.75) is 19.4 Å². The van der Waals surface area contributed by atoms with E-state index < -0.39 is 0 Å². The van der Waals surface area contributed by atoms with Crippen molar-refractivity contribution in [2.24, 2.45) is 5.73 Å². The van der Waals surface area contributed by atoms with Gasteiger partial charge in [-0.3, -0.25) is 9.59 Å². The largest absolute Gasteiger partial charge is 0.497 e. The van der Waals surface area contributed by atoms with Crippen molar-refractivity contribution in [1.82, 2.24) is 4.90 Å². The van der Waals surface area contributed by atoms with Crippen LogP contribution in [-0.2, 0) is 14.3 Å². The predicted octanol–water partition coefficient (Wildman–Crippen LogP) is 1.27. The summed E-state index contributed by atoms with van der Waals surface area (Å²) < 4.78 is 10.2. The maximum Gasteiger partial charge on any atom is 0.243 e. The molecule has 0 bridgehead atoms. The SMILES string of the molecule is CCN(CC(=O)Nc1cccc(OC)c1)C(=O)CC(CN)OC.Cl. The fourth-order valence-corrected chi connectivity index (χ4v) is 2.04. The Morgan fingerprint density at radius 3 is 2.58 bits per heavy atom. The van der Waals surface area contributed by atoms with Gasteiger partial charge in [0.1, 0.15) is 5.75 Å². The molecule has 0 aromatic heterocycles. The highest BCUT2D eigenvalue weighted by molar-refractivity contribution is 5.94. The number of hydrogen-bond acceptors (Lipinski definition) is 5. The number of anilines is 1. The first-order chi connectivity index (χ1) is 11.0. The second-order valence-corrected chi connectivity index (χ2v) is 4.99. The lowest BCUT2D eigenvalue weighted by atomic mass is 10.2. The van der Waals surface area contributed by atoms with Crippen LogP contribution in [0.5, 0.6) is 5.75 Å². The number of ether oxygens (including phenoxy) is 2. The quantitative estimate of drug-likeness (QED) is 0.692. The van der Waals surface area contributed by atoms with Gasteiger partial charge in [-0.1, -0.05) is 6.07 Å². The normalized spacial score (nSPS) is 11.2. The predicted molar refractivity (Wildman–Crippen MR) is 95.6 cm³/mol. The summed E-state index contributed by atoms with van der Waals surface area (Å²) in [6.45, 7) is 2.50. The Bertz CT molecular complexity index is 524. The molecule has 7 nitrogen and oxygen atoms in total. The summed E-state index contributed by atoms with van der Waals surface area (Å²) in [5.41, 5.74) is 6.14. The van der Waals surface area contributed by atoms with Crippen molar-refractivity contribution in [3.63, 3.8) is 0 Å². The number of methoxy groups -OCH3 is 2. The maximum atomic E-state index is 12.2. The number of nitrogens with zero attached hydrogens (tertiary/aromatic N) is 1. The summed E-state index contributed by atoms with van der Waals surface area (Å²) in [6.07, 6.45) is -0.175. The summed E-state index contributed by atoms with van der Waals surface area (Å²) in [7, 11) is 3.07. The minimum atomic E-state index is -0.335. The molecule has 1 unspecified atom stereocenters. The van der Waals surface area contributed by atoms with E-state index in [2.05, 4.69) is 5.32 Å². The van der Waals surface area contributed by atoms with Gasteiger partial charge in [0.25, 0.3) is 0 Å². The third-order valence-corrected chi connectivity index (χ3v) is 3.42.